The van der Waals surface area contributed by atoms with Gasteiger partial charge in [0.05, 0.1) is 0 Å². The van der Waals surface area contributed by atoms with E-state index in [1.54, 1.807) is 13.8 Å². The van der Waals surface area contributed by atoms with Gasteiger partial charge in [0.25, 0.3) is 0 Å². The second-order valence-electron chi connectivity index (χ2n) is 9.20. The molecular formula is C24H32F2O. The zero-order valence-electron chi connectivity index (χ0n) is 16.9. The largest absolute Gasteiger partial charge is 0.469 e. The predicted molar refractivity (Wildman–Crippen MR) is 106 cm³/mol. The van der Waals surface area contributed by atoms with E-state index in [4.69, 9.17) is 11.2 Å². The van der Waals surface area contributed by atoms with Crippen molar-refractivity contribution in [2.45, 2.75) is 83.7 Å². The van der Waals surface area contributed by atoms with E-state index in [-0.39, 0.29) is 11.7 Å². The van der Waals surface area contributed by atoms with Crippen LogP contribution in [0.25, 0.3) is 0 Å². The Labute approximate surface area is 162 Å². The van der Waals surface area contributed by atoms with Gasteiger partial charge in [-0.1, -0.05) is 25.7 Å². The summed E-state index contributed by atoms with van der Waals surface area (Å²) in [6, 6.07) is 2.89. The zero-order valence-corrected chi connectivity index (χ0v) is 16.9. The highest BCUT2D eigenvalue weighted by Gasteiger charge is 2.31. The molecule has 1 nitrogen and oxygen atoms in total. The number of halogens is 2. The lowest BCUT2D eigenvalue weighted by molar-refractivity contribution is 0.155. The van der Waals surface area contributed by atoms with E-state index in [1.165, 1.54) is 50.7 Å². The summed E-state index contributed by atoms with van der Waals surface area (Å²) in [6.07, 6.45) is 15.2. The molecule has 0 spiro atoms. The van der Waals surface area contributed by atoms with Gasteiger partial charge in [-0.05, 0) is 93.7 Å². The molecule has 27 heavy (non-hydrogen) atoms. The molecular weight excluding hydrogens is 342 g/mol. The highest BCUT2D eigenvalue weighted by Crippen LogP contribution is 2.44. The Kier molecular flexibility index (Phi) is 6.14. The van der Waals surface area contributed by atoms with Crippen molar-refractivity contribution in [3.8, 4) is 18.1 Å². The number of ether oxygens (including phenoxy) is 1. The first-order valence-electron chi connectivity index (χ1n) is 10.4. The van der Waals surface area contributed by atoms with Gasteiger partial charge < -0.3 is 4.74 Å². The van der Waals surface area contributed by atoms with Gasteiger partial charge in [0.1, 0.15) is 0 Å². The van der Waals surface area contributed by atoms with E-state index in [1.807, 2.05) is 0 Å². The fourth-order valence-corrected chi connectivity index (χ4v) is 4.88. The third-order valence-corrected chi connectivity index (χ3v) is 6.70. The summed E-state index contributed by atoms with van der Waals surface area (Å²) in [4.78, 5) is 0. The fraction of sp³-hybridized carbons (Fsp3) is 0.667. The summed E-state index contributed by atoms with van der Waals surface area (Å²) in [7, 11) is 0. The minimum Gasteiger partial charge on any atom is -0.469 e. The molecule has 0 radical (unpaired) electrons. The molecule has 3 heteroatoms. The second-order valence-corrected chi connectivity index (χ2v) is 9.20. The topological polar surface area (TPSA) is 9.23 Å². The third kappa shape index (κ3) is 4.84. The number of hydrogen-bond acceptors (Lipinski definition) is 1. The van der Waals surface area contributed by atoms with Crippen molar-refractivity contribution < 1.29 is 13.5 Å². The average Bonchev–Trinajstić information content (AvgIpc) is 2.65. The van der Waals surface area contributed by atoms with Crippen LogP contribution in [-0.4, -0.2) is 5.60 Å². The summed E-state index contributed by atoms with van der Waals surface area (Å²) in [6.45, 7) is 5.59. The SMILES string of the molecule is C#CC(C)(C)Oc1c(F)cc(C2CCC(C3CCC(C)CC3)CC2)cc1F. The van der Waals surface area contributed by atoms with Gasteiger partial charge in [-0.25, -0.2) is 8.78 Å². The Morgan fingerprint density at radius 2 is 1.41 bits per heavy atom. The zero-order chi connectivity index (χ0) is 19.6. The van der Waals surface area contributed by atoms with Gasteiger partial charge in [0, 0.05) is 0 Å². The van der Waals surface area contributed by atoms with Gasteiger partial charge in [0.2, 0.25) is 0 Å². The molecule has 0 amide bonds. The second kappa shape index (κ2) is 8.21. The maximum absolute atomic E-state index is 14.5. The van der Waals surface area contributed by atoms with Crippen LogP contribution >= 0.6 is 0 Å². The van der Waals surface area contributed by atoms with Crippen LogP contribution in [0, 0.1) is 41.7 Å². The highest BCUT2D eigenvalue weighted by atomic mass is 19.1. The summed E-state index contributed by atoms with van der Waals surface area (Å²) in [5.41, 5.74) is -0.287. The van der Waals surface area contributed by atoms with Crippen LogP contribution in [0.3, 0.4) is 0 Å². The molecule has 2 saturated carbocycles. The lowest BCUT2D eigenvalue weighted by atomic mass is 9.68. The Hall–Kier alpha value is -1.56. The van der Waals surface area contributed by atoms with Crippen molar-refractivity contribution in [3.63, 3.8) is 0 Å². The smallest absolute Gasteiger partial charge is 0.192 e. The highest BCUT2D eigenvalue weighted by molar-refractivity contribution is 5.34. The molecule has 0 N–H and O–H groups in total. The predicted octanol–water partition coefficient (Wildman–Crippen LogP) is 6.86. The van der Waals surface area contributed by atoms with Crippen molar-refractivity contribution >= 4 is 0 Å². The first-order valence-corrected chi connectivity index (χ1v) is 10.4. The van der Waals surface area contributed by atoms with Crippen LogP contribution in [0.1, 0.15) is 83.6 Å². The van der Waals surface area contributed by atoms with Gasteiger partial charge in [-0.3, -0.25) is 0 Å². The molecule has 1 aromatic rings. The fourth-order valence-electron chi connectivity index (χ4n) is 4.88. The summed E-state index contributed by atoms with van der Waals surface area (Å²) in [5.74, 6) is 3.49. The van der Waals surface area contributed by atoms with E-state index in [9.17, 15) is 8.78 Å². The molecule has 0 aromatic heterocycles. The quantitative estimate of drug-likeness (QED) is 0.523. The first-order chi connectivity index (χ1) is 12.8. The van der Waals surface area contributed by atoms with E-state index < -0.39 is 17.2 Å². The van der Waals surface area contributed by atoms with Crippen LogP contribution in [-0.2, 0) is 0 Å². The Morgan fingerprint density at radius 3 is 1.89 bits per heavy atom. The Morgan fingerprint density at radius 1 is 0.926 bits per heavy atom. The standard InChI is InChI=1S/C24H32F2O/c1-5-24(3,4)27-23-21(25)14-20(15-22(23)26)19-12-10-18(11-13-19)17-8-6-16(2)7-9-17/h1,14-19H,6-13H2,2-4H3. The molecule has 148 valence electrons. The number of hydrogen-bond donors (Lipinski definition) is 0. The molecule has 2 fully saturated rings. The summed E-state index contributed by atoms with van der Waals surface area (Å²) in [5, 5.41) is 0. The van der Waals surface area contributed by atoms with Crippen LogP contribution in [0.15, 0.2) is 12.1 Å². The molecule has 2 aliphatic carbocycles. The number of benzene rings is 1. The molecule has 0 aliphatic heterocycles. The molecule has 2 aliphatic rings. The van der Waals surface area contributed by atoms with Crippen LogP contribution < -0.4 is 4.74 Å². The van der Waals surface area contributed by atoms with Gasteiger partial charge in [-0.15, -0.1) is 6.42 Å². The normalized spacial score (nSPS) is 29.2. The van der Waals surface area contributed by atoms with Crippen molar-refractivity contribution in [1.29, 1.82) is 0 Å². The molecule has 0 heterocycles. The summed E-state index contributed by atoms with van der Waals surface area (Å²) >= 11 is 0. The molecule has 1 aromatic carbocycles. The Balaban J connectivity index is 1.64. The van der Waals surface area contributed by atoms with Crippen molar-refractivity contribution in [2.24, 2.45) is 17.8 Å². The van der Waals surface area contributed by atoms with Crippen LogP contribution in [0.2, 0.25) is 0 Å². The minimum absolute atomic E-state index is 0.238. The minimum atomic E-state index is -1.04. The molecule has 0 bridgehead atoms. The molecule has 0 saturated heterocycles. The van der Waals surface area contributed by atoms with E-state index in [0.717, 1.165) is 36.2 Å². The Bertz CT molecular complexity index is 664. The first kappa shape index (κ1) is 20.2. The van der Waals surface area contributed by atoms with E-state index in [0.29, 0.717) is 0 Å². The van der Waals surface area contributed by atoms with E-state index >= 15 is 0 Å². The van der Waals surface area contributed by atoms with Gasteiger partial charge >= 0.3 is 0 Å². The van der Waals surface area contributed by atoms with Crippen LogP contribution in [0.4, 0.5) is 8.78 Å². The maximum atomic E-state index is 14.5. The average molecular weight is 375 g/mol. The van der Waals surface area contributed by atoms with Gasteiger partial charge in [0.15, 0.2) is 23.0 Å². The maximum Gasteiger partial charge on any atom is 0.192 e. The monoisotopic (exact) mass is 374 g/mol. The van der Waals surface area contributed by atoms with Crippen molar-refractivity contribution in [1.82, 2.24) is 0 Å². The van der Waals surface area contributed by atoms with Gasteiger partial charge in [-0.2, -0.15) is 0 Å². The van der Waals surface area contributed by atoms with Crippen molar-refractivity contribution in [3.05, 3.63) is 29.3 Å². The molecule has 3 rings (SSSR count). The van der Waals surface area contributed by atoms with Crippen molar-refractivity contribution in [2.75, 3.05) is 0 Å². The molecule has 0 atom stereocenters. The van der Waals surface area contributed by atoms with E-state index in [2.05, 4.69) is 12.8 Å². The third-order valence-electron chi connectivity index (χ3n) is 6.70. The van der Waals surface area contributed by atoms with Crippen LogP contribution in [0.5, 0.6) is 5.75 Å². The number of rotatable bonds is 4. The lowest BCUT2D eigenvalue weighted by Crippen LogP contribution is -2.27. The molecule has 0 unspecified atom stereocenters. The lowest BCUT2D eigenvalue weighted by Gasteiger charge is -2.37. The summed E-state index contributed by atoms with van der Waals surface area (Å²) < 4.78 is 34.4. The number of terminal acetylenes is 1.